The minimum absolute atomic E-state index is 0. The van der Waals surface area contributed by atoms with Crippen LogP contribution in [0.15, 0.2) is 48.5 Å². The Kier molecular flexibility index (Phi) is 7.44. The van der Waals surface area contributed by atoms with Crippen LogP contribution in [0, 0.1) is 20.2 Å². The number of hydrogen-bond donors (Lipinski definition) is 2. The average molecular weight is 333 g/mol. The molecule has 0 heterocycles. The number of nitro groups is 2. The monoisotopic (exact) mass is 333 g/mol. The maximum Gasteiger partial charge on any atom is 2.00 e. The predicted octanol–water partition coefficient (Wildman–Crippen LogP) is 2.60. The zero-order chi connectivity index (χ0) is 15.1. The second-order valence-corrected chi connectivity index (χ2v) is 3.55. The van der Waals surface area contributed by atoms with E-state index < -0.39 is 9.85 Å². The van der Waals surface area contributed by atoms with E-state index in [0.29, 0.717) is 0 Å². The van der Waals surface area contributed by atoms with Gasteiger partial charge in [-0.05, 0) is 24.3 Å². The summed E-state index contributed by atoms with van der Waals surface area (Å²) in [7, 11) is 0. The fourth-order valence-electron chi connectivity index (χ4n) is 1.15. The first kappa shape index (κ1) is 18.4. The normalized spacial score (nSPS) is 8.76. The van der Waals surface area contributed by atoms with Crippen molar-refractivity contribution >= 4 is 11.4 Å². The third-order valence-electron chi connectivity index (χ3n) is 2.12. The van der Waals surface area contributed by atoms with Crippen molar-refractivity contribution in [3.05, 3.63) is 68.8 Å². The first-order chi connectivity index (χ1) is 9.40. The number of nitrogens with zero attached hydrogens (tertiary/aromatic N) is 2. The molecule has 0 aliphatic rings. The van der Waals surface area contributed by atoms with E-state index in [-0.39, 0.29) is 39.9 Å². The van der Waals surface area contributed by atoms with Crippen LogP contribution in [0.2, 0.25) is 0 Å². The van der Waals surface area contributed by atoms with Crippen LogP contribution >= 0.6 is 0 Å². The summed E-state index contributed by atoms with van der Waals surface area (Å²) in [6.07, 6.45) is 0. The van der Waals surface area contributed by atoms with E-state index in [0.717, 1.165) is 0 Å². The first-order valence-corrected chi connectivity index (χ1v) is 5.27. The van der Waals surface area contributed by atoms with Crippen LogP contribution < -0.4 is 0 Å². The topological polar surface area (TPSA) is 127 Å². The van der Waals surface area contributed by atoms with Crippen LogP contribution in [0.3, 0.4) is 0 Å². The van der Waals surface area contributed by atoms with Gasteiger partial charge in [-0.25, -0.2) is 0 Å². The van der Waals surface area contributed by atoms with Crippen LogP contribution in [0.1, 0.15) is 0 Å². The maximum absolute atomic E-state index is 10.0. The number of benzene rings is 2. The Morgan fingerprint density at radius 2 is 0.905 bits per heavy atom. The van der Waals surface area contributed by atoms with Gasteiger partial charge in [0.2, 0.25) is 0 Å². The summed E-state index contributed by atoms with van der Waals surface area (Å²) in [6, 6.07) is 10.1. The number of non-ortho nitro benzene ring substituents is 2. The van der Waals surface area contributed by atoms with Gasteiger partial charge in [-0.1, -0.05) is 0 Å². The van der Waals surface area contributed by atoms with E-state index in [9.17, 15) is 20.2 Å². The van der Waals surface area contributed by atoms with Crippen molar-refractivity contribution in [3.63, 3.8) is 0 Å². The number of aromatic hydroxyl groups is 2. The predicted molar refractivity (Wildman–Crippen MR) is 69.5 cm³/mol. The van der Waals surface area contributed by atoms with Crippen LogP contribution in [0.4, 0.5) is 11.4 Å². The van der Waals surface area contributed by atoms with Gasteiger partial charge in [-0.2, -0.15) is 0 Å². The first-order valence-electron chi connectivity index (χ1n) is 5.27. The molecule has 0 aliphatic carbocycles. The Balaban J connectivity index is 0.000000364. The fraction of sp³-hybridized carbons (Fsp3) is 0. The van der Waals surface area contributed by atoms with Crippen molar-refractivity contribution in [2.75, 3.05) is 0 Å². The van der Waals surface area contributed by atoms with Gasteiger partial charge in [0.15, 0.2) is 0 Å². The molecule has 0 atom stereocenters. The molecule has 2 rings (SSSR count). The molecule has 0 spiro atoms. The molecule has 21 heavy (non-hydrogen) atoms. The van der Waals surface area contributed by atoms with E-state index in [1.807, 2.05) is 0 Å². The third kappa shape index (κ3) is 6.37. The fourth-order valence-corrected chi connectivity index (χ4v) is 1.15. The summed E-state index contributed by atoms with van der Waals surface area (Å²) in [5.41, 5.74) is -0.0319. The molecule has 2 aromatic rings. The molecular formula is C12H10MnN2O6+2. The summed E-state index contributed by atoms with van der Waals surface area (Å²) in [5.74, 6) is 0.0659. The minimum Gasteiger partial charge on any atom is -0.508 e. The number of hydrogen-bond acceptors (Lipinski definition) is 6. The van der Waals surface area contributed by atoms with Gasteiger partial charge in [0, 0.05) is 24.3 Å². The Morgan fingerprint density at radius 3 is 1.10 bits per heavy atom. The Labute approximate surface area is 129 Å². The Morgan fingerprint density at radius 1 is 0.667 bits per heavy atom. The molecule has 2 N–H and O–H groups in total. The van der Waals surface area contributed by atoms with E-state index in [1.165, 1.54) is 48.5 Å². The quantitative estimate of drug-likeness (QED) is 0.494. The number of phenols is 2. The average Bonchev–Trinajstić information content (AvgIpc) is 2.40. The van der Waals surface area contributed by atoms with Crippen molar-refractivity contribution < 1.29 is 37.1 Å². The standard InChI is InChI=1S/2C6H5NO3.Mn/c2*8-6-3-1-5(2-4-6)7(9)10;/h2*1-4,8H;/q;;+2. The Bertz CT molecular complexity index is 545. The number of rotatable bonds is 2. The molecule has 9 heteroatoms. The minimum atomic E-state index is -0.514. The Hall–Kier alpha value is -2.64. The molecule has 0 amide bonds. The van der Waals surface area contributed by atoms with E-state index in [2.05, 4.69) is 0 Å². The van der Waals surface area contributed by atoms with Crippen molar-refractivity contribution in [3.8, 4) is 11.5 Å². The molecule has 0 saturated carbocycles. The van der Waals surface area contributed by atoms with Gasteiger partial charge in [0.05, 0.1) is 9.85 Å². The summed E-state index contributed by atoms with van der Waals surface area (Å²) in [6.45, 7) is 0. The second-order valence-electron chi connectivity index (χ2n) is 3.55. The molecule has 1 radical (unpaired) electrons. The van der Waals surface area contributed by atoms with E-state index >= 15 is 0 Å². The molecule has 0 unspecified atom stereocenters. The van der Waals surface area contributed by atoms with Crippen molar-refractivity contribution in [2.45, 2.75) is 0 Å². The summed E-state index contributed by atoms with van der Waals surface area (Å²) >= 11 is 0. The van der Waals surface area contributed by atoms with Crippen molar-refractivity contribution in [1.29, 1.82) is 0 Å². The largest absolute Gasteiger partial charge is 2.00 e. The van der Waals surface area contributed by atoms with Crippen LogP contribution in [-0.4, -0.2) is 20.1 Å². The number of nitro benzene ring substituents is 2. The van der Waals surface area contributed by atoms with Gasteiger partial charge >= 0.3 is 17.1 Å². The van der Waals surface area contributed by atoms with Crippen LogP contribution in [0.5, 0.6) is 11.5 Å². The molecule has 0 aliphatic heterocycles. The van der Waals surface area contributed by atoms with Gasteiger partial charge in [-0.15, -0.1) is 0 Å². The van der Waals surface area contributed by atoms with Gasteiger partial charge in [0.25, 0.3) is 11.4 Å². The number of phenolic OH excluding ortho intramolecular Hbond substituents is 2. The molecular weight excluding hydrogens is 323 g/mol. The zero-order valence-corrected chi connectivity index (χ0v) is 11.6. The molecule has 8 nitrogen and oxygen atoms in total. The SMILES string of the molecule is O=[N+]([O-])c1ccc(O)cc1.O=[N+]([O-])c1ccc(O)cc1.[Mn+2]. The van der Waals surface area contributed by atoms with E-state index in [1.54, 1.807) is 0 Å². The van der Waals surface area contributed by atoms with E-state index in [4.69, 9.17) is 10.2 Å². The van der Waals surface area contributed by atoms with Crippen LogP contribution in [-0.2, 0) is 17.1 Å². The molecule has 0 bridgehead atoms. The second kappa shape index (κ2) is 8.51. The van der Waals surface area contributed by atoms with Gasteiger partial charge < -0.3 is 10.2 Å². The van der Waals surface area contributed by atoms with Crippen LogP contribution in [0.25, 0.3) is 0 Å². The summed E-state index contributed by atoms with van der Waals surface area (Å²) < 4.78 is 0. The molecule has 2 aromatic carbocycles. The smallest absolute Gasteiger partial charge is 0.508 e. The third-order valence-corrected chi connectivity index (χ3v) is 2.12. The molecule has 0 aromatic heterocycles. The summed E-state index contributed by atoms with van der Waals surface area (Å²) in [4.78, 5) is 19.0. The maximum atomic E-state index is 10.0. The molecule has 109 valence electrons. The van der Waals surface area contributed by atoms with Crippen molar-refractivity contribution in [1.82, 2.24) is 0 Å². The zero-order valence-electron chi connectivity index (χ0n) is 10.4. The van der Waals surface area contributed by atoms with Gasteiger partial charge in [0.1, 0.15) is 11.5 Å². The van der Waals surface area contributed by atoms with Gasteiger partial charge in [-0.3, -0.25) is 20.2 Å². The molecule has 0 saturated heterocycles. The summed E-state index contributed by atoms with van der Waals surface area (Å²) in [5, 5.41) is 37.5. The molecule has 0 fully saturated rings. The van der Waals surface area contributed by atoms with Crippen molar-refractivity contribution in [2.24, 2.45) is 0 Å².